The number of rotatable bonds is 4. The average Bonchev–Trinajstić information content (AvgIpc) is 3.18. The Morgan fingerprint density at radius 3 is 2.44 bits per heavy atom. The zero-order chi connectivity index (χ0) is 23.3. The van der Waals surface area contributed by atoms with E-state index in [1.165, 1.54) is 0 Å². The van der Waals surface area contributed by atoms with Gasteiger partial charge in [-0.25, -0.2) is 0 Å². The number of amidine groups is 1. The second-order valence-electron chi connectivity index (χ2n) is 8.51. The molecular weight excluding hydrogens is 446 g/mol. The van der Waals surface area contributed by atoms with Crippen LogP contribution in [-0.4, -0.2) is 44.2 Å². The molecule has 0 spiro atoms. The molecule has 2 aromatic heterocycles. The van der Waals surface area contributed by atoms with Crippen LogP contribution in [-0.2, 0) is 0 Å². The fraction of sp³-hybridized carbons (Fsp3) is 0.222. The van der Waals surface area contributed by atoms with Gasteiger partial charge in [0.25, 0.3) is 0 Å². The fourth-order valence-electron chi connectivity index (χ4n) is 4.77. The van der Waals surface area contributed by atoms with Crippen LogP contribution in [0.2, 0.25) is 5.02 Å². The summed E-state index contributed by atoms with van der Waals surface area (Å²) in [5.41, 5.74) is 6.20. The number of nitrogens with zero attached hydrogens (tertiary/aromatic N) is 4. The number of aromatic nitrogens is 3. The van der Waals surface area contributed by atoms with Crippen LogP contribution in [0, 0.1) is 0 Å². The molecule has 4 aromatic rings. The van der Waals surface area contributed by atoms with E-state index in [2.05, 4.69) is 20.1 Å². The van der Waals surface area contributed by atoms with Gasteiger partial charge in [-0.1, -0.05) is 59.2 Å². The van der Waals surface area contributed by atoms with Crippen molar-refractivity contribution in [2.75, 3.05) is 13.1 Å². The Morgan fingerprint density at radius 1 is 0.941 bits per heavy atom. The molecule has 172 valence electrons. The Kier molecular flexibility index (Phi) is 6.58. The smallest absolute Gasteiger partial charge is 0.175 e. The number of pyridine rings is 1. The van der Waals surface area contributed by atoms with E-state index in [1.807, 2.05) is 79.1 Å². The van der Waals surface area contributed by atoms with Crippen molar-refractivity contribution in [1.82, 2.24) is 20.1 Å². The van der Waals surface area contributed by atoms with Crippen LogP contribution in [0.4, 0.5) is 0 Å². The van der Waals surface area contributed by atoms with Gasteiger partial charge in [-0.15, -0.1) is 0 Å². The van der Waals surface area contributed by atoms with E-state index in [1.54, 1.807) is 0 Å². The van der Waals surface area contributed by atoms with Crippen molar-refractivity contribution < 1.29 is 5.21 Å². The predicted molar refractivity (Wildman–Crippen MR) is 135 cm³/mol. The molecule has 1 aliphatic rings. The molecule has 2 aromatic carbocycles. The topological polar surface area (TPSA) is 77.4 Å². The number of likely N-dealkylation sites (tertiary alicyclic amines) is 1. The first kappa shape index (κ1) is 22.2. The minimum Gasteiger partial charge on any atom is -0.409 e. The number of H-pyrrole nitrogens is 1. The second kappa shape index (κ2) is 10.1. The van der Waals surface area contributed by atoms with Crippen molar-refractivity contribution in [3.05, 3.63) is 95.4 Å². The monoisotopic (exact) mass is 471 g/mol. The summed E-state index contributed by atoms with van der Waals surface area (Å²) in [5.74, 6) is 0.930. The molecule has 1 aliphatic heterocycles. The van der Waals surface area contributed by atoms with Crippen LogP contribution < -0.4 is 0 Å². The molecule has 0 aliphatic carbocycles. The number of hydrogen-bond acceptors (Lipinski definition) is 4. The first-order valence-corrected chi connectivity index (χ1v) is 11.9. The van der Waals surface area contributed by atoms with E-state index in [-0.39, 0.29) is 0 Å². The van der Waals surface area contributed by atoms with Crippen LogP contribution in [0.1, 0.15) is 36.4 Å². The van der Waals surface area contributed by atoms with Gasteiger partial charge in [-0.2, -0.15) is 5.10 Å². The maximum Gasteiger partial charge on any atom is 0.175 e. The Balaban J connectivity index is 1.46. The number of halogens is 1. The van der Waals surface area contributed by atoms with Crippen LogP contribution in [0.3, 0.4) is 0 Å². The summed E-state index contributed by atoms with van der Waals surface area (Å²) in [6.45, 7) is 1.64. The van der Waals surface area contributed by atoms with E-state index < -0.39 is 0 Å². The highest BCUT2D eigenvalue weighted by Gasteiger charge is 2.27. The summed E-state index contributed by atoms with van der Waals surface area (Å²) in [6, 6.07) is 21.7. The molecule has 2 N–H and O–H groups in total. The van der Waals surface area contributed by atoms with Gasteiger partial charge in [0.1, 0.15) is 5.69 Å². The van der Waals surface area contributed by atoms with Gasteiger partial charge in [0, 0.05) is 58.8 Å². The minimum atomic E-state index is 0.303. The molecule has 1 atom stereocenters. The highest BCUT2D eigenvalue weighted by molar-refractivity contribution is 6.30. The summed E-state index contributed by atoms with van der Waals surface area (Å²) < 4.78 is 0. The molecule has 1 fully saturated rings. The van der Waals surface area contributed by atoms with Crippen molar-refractivity contribution >= 4 is 17.4 Å². The average molecular weight is 472 g/mol. The van der Waals surface area contributed by atoms with Gasteiger partial charge >= 0.3 is 0 Å². The van der Waals surface area contributed by atoms with Crippen LogP contribution >= 0.6 is 11.6 Å². The highest BCUT2D eigenvalue weighted by Crippen LogP contribution is 2.40. The van der Waals surface area contributed by atoms with Crippen molar-refractivity contribution in [1.29, 1.82) is 0 Å². The molecule has 6 nitrogen and oxygen atoms in total. The van der Waals surface area contributed by atoms with E-state index in [4.69, 9.17) is 16.7 Å². The van der Waals surface area contributed by atoms with E-state index >= 15 is 0 Å². The summed E-state index contributed by atoms with van der Waals surface area (Å²) in [4.78, 5) is 6.38. The second-order valence-corrected chi connectivity index (χ2v) is 8.94. The molecule has 7 heteroatoms. The lowest BCUT2D eigenvalue weighted by atomic mass is 9.89. The van der Waals surface area contributed by atoms with Crippen LogP contribution in [0.15, 0.2) is 84.3 Å². The quantitative estimate of drug-likeness (QED) is 0.161. The van der Waals surface area contributed by atoms with Crippen molar-refractivity contribution in [2.24, 2.45) is 5.16 Å². The summed E-state index contributed by atoms with van der Waals surface area (Å²) in [7, 11) is 0. The predicted octanol–water partition coefficient (Wildman–Crippen LogP) is 6.20. The molecule has 5 rings (SSSR count). The van der Waals surface area contributed by atoms with Gasteiger partial charge < -0.3 is 10.1 Å². The van der Waals surface area contributed by atoms with Gasteiger partial charge in [0.15, 0.2) is 5.84 Å². The number of aromatic amines is 1. The normalized spacial score (nSPS) is 16.9. The summed E-state index contributed by atoms with van der Waals surface area (Å²) in [6.07, 6.45) is 6.56. The van der Waals surface area contributed by atoms with Crippen LogP contribution in [0.5, 0.6) is 0 Å². The number of oxime groups is 1. The maximum absolute atomic E-state index is 9.76. The third-order valence-electron chi connectivity index (χ3n) is 6.44. The zero-order valence-electron chi connectivity index (χ0n) is 18.7. The van der Waals surface area contributed by atoms with Gasteiger partial charge in [0.2, 0.25) is 0 Å². The van der Waals surface area contributed by atoms with Crippen molar-refractivity contribution in [3.63, 3.8) is 0 Å². The van der Waals surface area contributed by atoms with E-state index in [0.717, 1.165) is 66.0 Å². The summed E-state index contributed by atoms with van der Waals surface area (Å²) in [5, 5.41) is 22.2. The first-order chi connectivity index (χ1) is 16.7. The zero-order valence-corrected chi connectivity index (χ0v) is 19.5. The molecule has 0 amide bonds. The van der Waals surface area contributed by atoms with Gasteiger partial charge in [-0.05, 0) is 49.1 Å². The maximum atomic E-state index is 9.76. The fourth-order valence-corrected chi connectivity index (χ4v) is 4.89. The summed E-state index contributed by atoms with van der Waals surface area (Å²) >= 11 is 6.13. The van der Waals surface area contributed by atoms with Crippen LogP contribution in [0.25, 0.3) is 22.4 Å². The largest absolute Gasteiger partial charge is 0.409 e. The molecule has 0 bridgehead atoms. The highest BCUT2D eigenvalue weighted by atomic mass is 35.5. The van der Waals surface area contributed by atoms with E-state index in [9.17, 15) is 5.21 Å². The number of nitrogens with one attached hydrogen (secondary N) is 1. The van der Waals surface area contributed by atoms with Gasteiger partial charge in [0.05, 0.1) is 0 Å². The molecule has 3 heterocycles. The Labute approximate surface area is 203 Å². The molecule has 34 heavy (non-hydrogen) atoms. The SMILES string of the molecule is O/N=C(\c1ccccc1)N1CCCC(c2[nH]nc(-c3ccc(Cl)cc3)c2-c2ccncc2)CC1. The molecular formula is C27H26ClN5O. The lowest BCUT2D eigenvalue weighted by Gasteiger charge is -2.23. The van der Waals surface area contributed by atoms with Gasteiger partial charge in [-0.3, -0.25) is 10.1 Å². The third-order valence-corrected chi connectivity index (χ3v) is 6.70. The molecule has 1 unspecified atom stereocenters. The number of benzene rings is 2. The number of hydrogen-bond donors (Lipinski definition) is 2. The lowest BCUT2D eigenvalue weighted by molar-refractivity contribution is 0.301. The Hall–Kier alpha value is -3.64. The van der Waals surface area contributed by atoms with Crippen molar-refractivity contribution in [2.45, 2.75) is 25.2 Å². The Bertz CT molecular complexity index is 1260. The lowest BCUT2D eigenvalue weighted by Crippen LogP contribution is -2.32. The van der Waals surface area contributed by atoms with E-state index in [0.29, 0.717) is 16.8 Å². The molecule has 1 saturated heterocycles. The first-order valence-electron chi connectivity index (χ1n) is 11.5. The molecule has 0 radical (unpaired) electrons. The minimum absolute atomic E-state index is 0.303. The van der Waals surface area contributed by atoms with Crippen molar-refractivity contribution in [3.8, 4) is 22.4 Å². The standard InChI is InChI=1S/C27H26ClN5O/c28-23-10-8-21(9-11-23)26-24(19-12-15-29-16-13-19)25(30-31-26)20-7-4-17-33(18-14-20)27(32-34)22-5-2-1-3-6-22/h1-3,5-6,8-13,15-16,20,34H,4,7,14,17-18H2,(H,30,31)/b32-27+. The third kappa shape index (κ3) is 4.54. The Morgan fingerprint density at radius 2 is 1.71 bits per heavy atom. The molecule has 0 saturated carbocycles.